The fourth-order valence-corrected chi connectivity index (χ4v) is 3.97. The Kier molecular flexibility index (Phi) is 6.18. The molecule has 2 N–H and O–H groups in total. The summed E-state index contributed by atoms with van der Waals surface area (Å²) >= 11 is 0. The molecule has 178 valence electrons. The first-order chi connectivity index (χ1) is 16.0. The maximum Gasteiger partial charge on any atom is 0.266 e. The maximum absolute atomic E-state index is 14.6. The average molecular weight is 471 g/mol. The van der Waals surface area contributed by atoms with Crippen molar-refractivity contribution in [2.45, 2.75) is 45.4 Å². The van der Waals surface area contributed by atoms with E-state index in [0.717, 1.165) is 22.9 Å². The van der Waals surface area contributed by atoms with Gasteiger partial charge in [-0.1, -0.05) is 6.07 Å². The van der Waals surface area contributed by atoms with Crippen LogP contribution in [0.5, 0.6) is 0 Å². The molecular weight excluding hydrogens is 447 g/mol. The first-order valence-corrected chi connectivity index (χ1v) is 10.7. The molecule has 4 aromatic rings. The van der Waals surface area contributed by atoms with Crippen molar-refractivity contribution >= 4 is 16.7 Å². The van der Waals surface area contributed by atoms with E-state index < -0.39 is 28.6 Å². The summed E-state index contributed by atoms with van der Waals surface area (Å²) in [5, 5.41) is 17.4. The number of pyridine rings is 2. The number of fused-ring (bicyclic) bond motifs is 1. The minimum Gasteiger partial charge on any atom is -0.390 e. The van der Waals surface area contributed by atoms with Gasteiger partial charge >= 0.3 is 0 Å². The summed E-state index contributed by atoms with van der Waals surface area (Å²) in [4.78, 5) is 17.1. The van der Waals surface area contributed by atoms with Gasteiger partial charge in [-0.25, -0.2) is 18.2 Å². The van der Waals surface area contributed by atoms with Crippen LogP contribution in [0.4, 0.5) is 19.0 Å². The molecule has 0 aliphatic heterocycles. The summed E-state index contributed by atoms with van der Waals surface area (Å²) in [5.74, 6) is -1.79. The Morgan fingerprint density at radius 2 is 1.82 bits per heavy atom. The van der Waals surface area contributed by atoms with E-state index in [1.54, 1.807) is 13.8 Å². The van der Waals surface area contributed by atoms with Crippen molar-refractivity contribution in [3.8, 4) is 5.69 Å². The number of benzene rings is 1. The van der Waals surface area contributed by atoms with Crippen LogP contribution in [0.25, 0.3) is 16.6 Å². The highest BCUT2D eigenvalue weighted by Crippen LogP contribution is 2.21. The summed E-state index contributed by atoms with van der Waals surface area (Å²) in [7, 11) is 0. The quantitative estimate of drug-likeness (QED) is 0.426. The molecule has 10 heteroatoms. The highest BCUT2D eigenvalue weighted by atomic mass is 19.1. The number of aliphatic hydroxyl groups is 1. The van der Waals surface area contributed by atoms with Crippen LogP contribution in [0.3, 0.4) is 0 Å². The largest absolute Gasteiger partial charge is 0.390 e. The van der Waals surface area contributed by atoms with Gasteiger partial charge in [0, 0.05) is 23.9 Å². The Bertz CT molecular complexity index is 1390. The molecule has 1 atom stereocenters. The molecule has 0 amide bonds. The number of hydrogen-bond acceptors (Lipinski definition) is 5. The van der Waals surface area contributed by atoms with Gasteiger partial charge in [-0.2, -0.15) is 5.10 Å². The molecule has 0 aliphatic carbocycles. The van der Waals surface area contributed by atoms with E-state index in [9.17, 15) is 23.1 Å². The third-order valence-electron chi connectivity index (χ3n) is 5.38. The van der Waals surface area contributed by atoms with E-state index in [1.807, 2.05) is 6.92 Å². The molecule has 0 aliphatic rings. The summed E-state index contributed by atoms with van der Waals surface area (Å²) in [6.45, 7) is 5.02. The summed E-state index contributed by atoms with van der Waals surface area (Å²) in [6, 6.07) is 6.34. The predicted molar refractivity (Wildman–Crippen MR) is 123 cm³/mol. The lowest BCUT2D eigenvalue weighted by atomic mass is 10.0. The number of nitrogens with zero attached hydrogens (tertiary/aromatic N) is 4. The lowest BCUT2D eigenvalue weighted by molar-refractivity contribution is 0.0672. The molecule has 0 fully saturated rings. The summed E-state index contributed by atoms with van der Waals surface area (Å²) < 4.78 is 45.2. The van der Waals surface area contributed by atoms with Gasteiger partial charge in [0.2, 0.25) is 0 Å². The van der Waals surface area contributed by atoms with E-state index in [1.165, 1.54) is 35.3 Å². The van der Waals surface area contributed by atoms with Crippen LogP contribution in [0.2, 0.25) is 0 Å². The van der Waals surface area contributed by atoms with Gasteiger partial charge in [0.25, 0.3) is 5.56 Å². The van der Waals surface area contributed by atoms with Gasteiger partial charge in [-0.3, -0.25) is 14.0 Å². The number of halogens is 3. The van der Waals surface area contributed by atoms with E-state index >= 15 is 0 Å². The SMILES string of the molecule is CC(CC(C)(C)O)Nc1cc(-n2ccc3c(cnn3Cc3c(F)cccc3F)c2=O)c(F)cn1. The minimum absolute atomic E-state index is 0.0206. The lowest BCUT2D eigenvalue weighted by Gasteiger charge is -2.23. The number of aromatic nitrogens is 4. The van der Waals surface area contributed by atoms with Gasteiger partial charge in [0.05, 0.1) is 41.1 Å². The van der Waals surface area contributed by atoms with Crippen molar-refractivity contribution in [1.82, 2.24) is 19.3 Å². The molecule has 0 spiro atoms. The highest BCUT2D eigenvalue weighted by molar-refractivity contribution is 5.78. The number of hydrogen-bond donors (Lipinski definition) is 2. The molecule has 34 heavy (non-hydrogen) atoms. The smallest absolute Gasteiger partial charge is 0.266 e. The van der Waals surface area contributed by atoms with Crippen molar-refractivity contribution in [1.29, 1.82) is 0 Å². The molecule has 3 heterocycles. The van der Waals surface area contributed by atoms with Gasteiger partial charge in [0.1, 0.15) is 17.5 Å². The molecule has 0 radical (unpaired) electrons. The second kappa shape index (κ2) is 8.94. The van der Waals surface area contributed by atoms with Crippen molar-refractivity contribution in [2.24, 2.45) is 0 Å². The Morgan fingerprint density at radius 1 is 1.12 bits per heavy atom. The van der Waals surface area contributed by atoms with Crippen LogP contribution in [-0.2, 0) is 6.54 Å². The van der Waals surface area contributed by atoms with E-state index in [2.05, 4.69) is 15.4 Å². The van der Waals surface area contributed by atoms with Crippen LogP contribution in [0, 0.1) is 17.5 Å². The van der Waals surface area contributed by atoms with E-state index in [4.69, 9.17) is 0 Å². The Balaban J connectivity index is 1.68. The second-order valence-electron chi connectivity index (χ2n) is 8.88. The first kappa shape index (κ1) is 23.5. The molecular formula is C24H24F3N5O2. The highest BCUT2D eigenvalue weighted by Gasteiger charge is 2.19. The summed E-state index contributed by atoms with van der Waals surface area (Å²) in [5.41, 5.74) is -1.28. The fourth-order valence-electron chi connectivity index (χ4n) is 3.97. The minimum atomic E-state index is -0.900. The Hall–Kier alpha value is -3.66. The van der Waals surface area contributed by atoms with Crippen molar-refractivity contribution in [3.63, 3.8) is 0 Å². The molecule has 0 saturated heterocycles. The molecule has 1 aromatic carbocycles. The zero-order valence-electron chi connectivity index (χ0n) is 18.9. The molecule has 0 bridgehead atoms. The van der Waals surface area contributed by atoms with Crippen LogP contribution in [0.15, 0.2) is 53.7 Å². The number of anilines is 1. The van der Waals surface area contributed by atoms with Crippen LogP contribution in [0.1, 0.15) is 32.8 Å². The predicted octanol–water partition coefficient (Wildman–Crippen LogP) is 4.01. The molecule has 7 nitrogen and oxygen atoms in total. The molecule has 0 saturated carbocycles. The molecule has 4 rings (SSSR count). The van der Waals surface area contributed by atoms with Crippen LogP contribution >= 0.6 is 0 Å². The maximum atomic E-state index is 14.6. The van der Waals surface area contributed by atoms with Crippen LogP contribution < -0.4 is 10.9 Å². The van der Waals surface area contributed by atoms with Crippen LogP contribution in [-0.4, -0.2) is 36.1 Å². The third-order valence-corrected chi connectivity index (χ3v) is 5.38. The van der Waals surface area contributed by atoms with Crippen molar-refractivity contribution in [3.05, 3.63) is 82.3 Å². The normalized spacial score (nSPS) is 12.8. The standard InChI is InChI=1S/C24H24F3N5O2/c1-14(10-24(2,3)34)30-22-9-21(19(27)12-28-22)31-8-7-20-15(23(31)33)11-29-32(20)13-16-17(25)5-4-6-18(16)26/h4-9,11-12,14,34H,10,13H2,1-3H3,(H,28,30). The molecule has 3 aromatic heterocycles. The zero-order chi connectivity index (χ0) is 24.6. The fraction of sp³-hybridized carbons (Fsp3) is 0.292. The lowest BCUT2D eigenvalue weighted by Crippen LogP contribution is -2.29. The Morgan fingerprint density at radius 3 is 2.50 bits per heavy atom. The van der Waals surface area contributed by atoms with Crippen molar-refractivity contribution < 1.29 is 18.3 Å². The first-order valence-electron chi connectivity index (χ1n) is 10.7. The number of rotatable bonds is 7. The number of nitrogens with one attached hydrogen (secondary N) is 1. The average Bonchev–Trinajstić information content (AvgIpc) is 3.15. The Labute approximate surface area is 193 Å². The van der Waals surface area contributed by atoms with Gasteiger partial charge < -0.3 is 10.4 Å². The third kappa shape index (κ3) is 4.81. The topological polar surface area (TPSA) is 85.0 Å². The van der Waals surface area contributed by atoms with E-state index in [0.29, 0.717) is 17.8 Å². The zero-order valence-corrected chi connectivity index (χ0v) is 18.9. The van der Waals surface area contributed by atoms with Gasteiger partial charge in [0.15, 0.2) is 5.82 Å². The monoisotopic (exact) mass is 471 g/mol. The van der Waals surface area contributed by atoms with Gasteiger partial charge in [-0.15, -0.1) is 0 Å². The second-order valence-corrected chi connectivity index (χ2v) is 8.88. The summed E-state index contributed by atoms with van der Waals surface area (Å²) in [6.07, 6.45) is 4.10. The van der Waals surface area contributed by atoms with Crippen molar-refractivity contribution in [2.75, 3.05) is 5.32 Å². The molecule has 1 unspecified atom stereocenters. The van der Waals surface area contributed by atoms with E-state index in [-0.39, 0.29) is 29.2 Å². The van der Waals surface area contributed by atoms with Gasteiger partial charge in [-0.05, 0) is 45.4 Å².